The van der Waals surface area contributed by atoms with Crippen molar-refractivity contribution >= 4 is 0 Å². The molecule has 118 valence electrons. The molecule has 0 heterocycles. The van der Waals surface area contributed by atoms with Gasteiger partial charge in [0.2, 0.25) is 0 Å². The highest BCUT2D eigenvalue weighted by Gasteiger charge is 2.20. The number of benzene rings is 1. The first-order valence-electron chi connectivity index (χ1n) is 8.63. The molecule has 2 heteroatoms. The number of hydrogen-bond donors (Lipinski definition) is 1. The van der Waals surface area contributed by atoms with Gasteiger partial charge in [0.05, 0.1) is 18.8 Å². The third-order valence-corrected chi connectivity index (χ3v) is 4.22. The Morgan fingerprint density at radius 3 is 2.43 bits per heavy atom. The molecule has 1 N–H and O–H groups in total. The van der Waals surface area contributed by atoms with Gasteiger partial charge in [-0.25, -0.2) is 0 Å². The first-order chi connectivity index (χ1) is 10.2. The van der Waals surface area contributed by atoms with E-state index in [4.69, 9.17) is 4.74 Å². The average Bonchev–Trinajstić information content (AvgIpc) is 2.41. The van der Waals surface area contributed by atoms with Crippen LogP contribution in [0.2, 0.25) is 0 Å². The molecule has 1 saturated carbocycles. The molecule has 0 aromatic heterocycles. The number of ether oxygens (including phenoxy) is 1. The van der Waals surface area contributed by atoms with E-state index in [0.717, 1.165) is 26.0 Å². The van der Waals surface area contributed by atoms with Gasteiger partial charge in [-0.15, -0.1) is 0 Å². The largest absolute Gasteiger partial charge is 0.376 e. The van der Waals surface area contributed by atoms with Crippen molar-refractivity contribution in [1.82, 2.24) is 5.32 Å². The van der Waals surface area contributed by atoms with Gasteiger partial charge in [-0.05, 0) is 55.7 Å². The van der Waals surface area contributed by atoms with Crippen molar-refractivity contribution in [2.45, 2.75) is 65.0 Å². The average molecular weight is 289 g/mol. The number of rotatable bonds is 9. The van der Waals surface area contributed by atoms with E-state index in [9.17, 15) is 0 Å². The van der Waals surface area contributed by atoms with Gasteiger partial charge in [-0.1, -0.05) is 45.0 Å². The minimum absolute atomic E-state index is 0.332. The molecule has 1 atom stereocenters. The van der Waals surface area contributed by atoms with Gasteiger partial charge < -0.3 is 10.1 Å². The molecule has 0 amide bonds. The van der Waals surface area contributed by atoms with E-state index in [2.05, 4.69) is 50.4 Å². The molecule has 1 aliphatic rings. The Hall–Kier alpha value is -0.860. The second-order valence-corrected chi connectivity index (χ2v) is 6.73. The summed E-state index contributed by atoms with van der Waals surface area (Å²) in [5.41, 5.74) is 2.79. The molecule has 1 aromatic carbocycles. The zero-order valence-corrected chi connectivity index (χ0v) is 13.9. The van der Waals surface area contributed by atoms with Gasteiger partial charge in [-0.2, -0.15) is 0 Å². The summed E-state index contributed by atoms with van der Waals surface area (Å²) >= 11 is 0. The molecule has 1 aromatic rings. The van der Waals surface area contributed by atoms with Crippen LogP contribution in [0.25, 0.3) is 0 Å². The summed E-state index contributed by atoms with van der Waals surface area (Å²) < 4.78 is 6.02. The smallest absolute Gasteiger partial charge is 0.0665 e. The summed E-state index contributed by atoms with van der Waals surface area (Å²) in [6.45, 7) is 8.60. The minimum atomic E-state index is 0.332. The summed E-state index contributed by atoms with van der Waals surface area (Å²) in [5.74, 6) is 0.715. The van der Waals surface area contributed by atoms with Crippen molar-refractivity contribution in [2.24, 2.45) is 5.92 Å². The zero-order valence-electron chi connectivity index (χ0n) is 13.9. The van der Waals surface area contributed by atoms with Gasteiger partial charge in [0, 0.05) is 0 Å². The third kappa shape index (κ3) is 5.44. The van der Waals surface area contributed by atoms with Gasteiger partial charge in [0.1, 0.15) is 0 Å². The lowest BCUT2D eigenvalue weighted by Gasteiger charge is -2.28. The molecule has 0 radical (unpaired) electrons. The Morgan fingerprint density at radius 1 is 1.19 bits per heavy atom. The molecular formula is C19H31NO. The highest BCUT2D eigenvalue weighted by Crippen LogP contribution is 2.24. The van der Waals surface area contributed by atoms with Gasteiger partial charge in [0.15, 0.2) is 0 Å². The molecule has 21 heavy (non-hydrogen) atoms. The molecule has 0 bridgehead atoms. The van der Waals surface area contributed by atoms with E-state index in [1.54, 1.807) is 0 Å². The van der Waals surface area contributed by atoms with E-state index in [1.807, 2.05) is 0 Å². The fourth-order valence-corrected chi connectivity index (χ4v) is 2.72. The molecule has 0 aliphatic heterocycles. The maximum absolute atomic E-state index is 6.02. The summed E-state index contributed by atoms with van der Waals surface area (Å²) in [7, 11) is 0. The highest BCUT2D eigenvalue weighted by atomic mass is 16.5. The maximum Gasteiger partial charge on any atom is 0.0665 e. The van der Waals surface area contributed by atoms with Crippen molar-refractivity contribution < 1.29 is 4.74 Å². The van der Waals surface area contributed by atoms with Gasteiger partial charge >= 0.3 is 0 Å². The van der Waals surface area contributed by atoms with Crippen LogP contribution in [0.15, 0.2) is 24.3 Å². The summed E-state index contributed by atoms with van der Waals surface area (Å²) in [5, 5.41) is 3.62. The fourth-order valence-electron chi connectivity index (χ4n) is 2.72. The van der Waals surface area contributed by atoms with Crippen molar-refractivity contribution in [1.29, 1.82) is 0 Å². The molecule has 0 saturated heterocycles. The Bertz CT molecular complexity index is 395. The first kappa shape index (κ1) is 16.5. The number of nitrogens with one attached hydrogen (secondary N) is 1. The van der Waals surface area contributed by atoms with Crippen molar-refractivity contribution in [2.75, 3.05) is 13.2 Å². The van der Waals surface area contributed by atoms with Crippen LogP contribution in [-0.4, -0.2) is 19.3 Å². The van der Waals surface area contributed by atoms with Crippen molar-refractivity contribution in [3.05, 3.63) is 35.4 Å². The van der Waals surface area contributed by atoms with E-state index in [1.165, 1.54) is 30.4 Å². The zero-order chi connectivity index (χ0) is 15.1. The van der Waals surface area contributed by atoms with E-state index < -0.39 is 0 Å². The molecule has 1 unspecified atom stereocenters. The quantitative estimate of drug-likeness (QED) is 0.723. The molecule has 2 rings (SSSR count). The highest BCUT2D eigenvalue weighted by molar-refractivity contribution is 5.25. The van der Waals surface area contributed by atoms with Crippen LogP contribution in [0, 0.1) is 5.92 Å². The SMILES string of the molecule is CCCNC(COC1CCC1)c1ccc(CC(C)C)cc1. The third-order valence-electron chi connectivity index (χ3n) is 4.22. The van der Waals surface area contributed by atoms with Crippen molar-refractivity contribution in [3.8, 4) is 0 Å². The Morgan fingerprint density at radius 2 is 1.90 bits per heavy atom. The predicted octanol–water partition coefficient (Wildman–Crippen LogP) is 4.49. The predicted molar refractivity (Wildman–Crippen MR) is 89.6 cm³/mol. The van der Waals surface area contributed by atoms with Crippen LogP contribution in [0.1, 0.15) is 63.6 Å². The van der Waals surface area contributed by atoms with Crippen LogP contribution in [0.4, 0.5) is 0 Å². The summed E-state index contributed by atoms with van der Waals surface area (Å²) in [4.78, 5) is 0. The number of hydrogen-bond acceptors (Lipinski definition) is 2. The minimum Gasteiger partial charge on any atom is -0.376 e. The summed E-state index contributed by atoms with van der Waals surface area (Å²) in [6.07, 6.45) is 6.65. The molecule has 2 nitrogen and oxygen atoms in total. The molecule has 0 spiro atoms. The monoisotopic (exact) mass is 289 g/mol. The van der Waals surface area contributed by atoms with Crippen molar-refractivity contribution in [3.63, 3.8) is 0 Å². The standard InChI is InChI=1S/C19H31NO/c1-4-12-20-19(14-21-18-6-5-7-18)17-10-8-16(9-11-17)13-15(2)3/h8-11,15,18-20H,4-7,12-14H2,1-3H3. The Balaban J connectivity index is 1.93. The molecule has 1 fully saturated rings. The summed E-state index contributed by atoms with van der Waals surface area (Å²) in [6, 6.07) is 9.43. The second kappa shape index (κ2) is 8.55. The second-order valence-electron chi connectivity index (χ2n) is 6.73. The topological polar surface area (TPSA) is 21.3 Å². The molecule has 1 aliphatic carbocycles. The van der Waals surface area contributed by atoms with E-state index in [-0.39, 0.29) is 0 Å². The normalized spacial score (nSPS) is 17.0. The van der Waals surface area contributed by atoms with E-state index >= 15 is 0 Å². The van der Waals surface area contributed by atoms with Crippen LogP contribution >= 0.6 is 0 Å². The van der Waals surface area contributed by atoms with Crippen LogP contribution in [0.5, 0.6) is 0 Å². The lowest BCUT2D eigenvalue weighted by atomic mass is 9.96. The Kier molecular flexibility index (Phi) is 6.72. The lowest BCUT2D eigenvalue weighted by Crippen LogP contribution is -2.30. The molecular weight excluding hydrogens is 258 g/mol. The Labute approximate surface area is 130 Å². The van der Waals surface area contributed by atoms with Crippen LogP contribution < -0.4 is 5.32 Å². The van der Waals surface area contributed by atoms with E-state index in [0.29, 0.717) is 18.1 Å². The van der Waals surface area contributed by atoms with Crippen LogP contribution in [0.3, 0.4) is 0 Å². The lowest BCUT2D eigenvalue weighted by molar-refractivity contribution is -0.00876. The first-order valence-corrected chi connectivity index (χ1v) is 8.63. The van der Waals surface area contributed by atoms with Gasteiger partial charge in [-0.3, -0.25) is 0 Å². The fraction of sp³-hybridized carbons (Fsp3) is 0.684. The van der Waals surface area contributed by atoms with Gasteiger partial charge in [0.25, 0.3) is 0 Å². The maximum atomic E-state index is 6.02. The van der Waals surface area contributed by atoms with Crippen LogP contribution in [-0.2, 0) is 11.2 Å².